The van der Waals surface area contributed by atoms with E-state index < -0.39 is 0 Å². The van der Waals surface area contributed by atoms with Crippen LogP contribution in [0.3, 0.4) is 0 Å². The zero-order valence-corrected chi connectivity index (χ0v) is 10.1. The summed E-state index contributed by atoms with van der Waals surface area (Å²) in [5.74, 6) is 1.40. The van der Waals surface area contributed by atoms with E-state index >= 15 is 0 Å². The topological polar surface area (TPSA) is 29.5 Å². The molecule has 0 heterocycles. The Balaban J connectivity index is 1.65. The maximum absolute atomic E-state index is 10.3. The number of aliphatic hydroxyl groups is 1. The SMILES string of the molecule is OC(c1ccc(OC2CC2)cc1)C1CCCC1. The predicted molar refractivity (Wildman–Crippen MR) is 67.0 cm³/mol. The van der Waals surface area contributed by atoms with Crippen molar-refractivity contribution >= 4 is 0 Å². The lowest BCUT2D eigenvalue weighted by Gasteiger charge is -2.18. The van der Waals surface area contributed by atoms with E-state index in [-0.39, 0.29) is 6.10 Å². The van der Waals surface area contributed by atoms with Crippen molar-refractivity contribution in [2.75, 3.05) is 0 Å². The van der Waals surface area contributed by atoms with Crippen molar-refractivity contribution in [3.8, 4) is 5.75 Å². The van der Waals surface area contributed by atoms with E-state index in [1.807, 2.05) is 24.3 Å². The molecule has 2 aliphatic rings. The van der Waals surface area contributed by atoms with Crippen LogP contribution in [0.25, 0.3) is 0 Å². The molecule has 2 heteroatoms. The van der Waals surface area contributed by atoms with Crippen molar-refractivity contribution in [3.63, 3.8) is 0 Å². The van der Waals surface area contributed by atoms with Gasteiger partial charge in [-0.3, -0.25) is 0 Å². The Morgan fingerprint density at radius 2 is 1.65 bits per heavy atom. The van der Waals surface area contributed by atoms with E-state index in [1.54, 1.807) is 0 Å². The fourth-order valence-electron chi connectivity index (χ4n) is 2.67. The number of benzene rings is 1. The molecule has 0 amide bonds. The van der Waals surface area contributed by atoms with Gasteiger partial charge in [-0.25, -0.2) is 0 Å². The second-order valence-electron chi connectivity index (χ2n) is 5.38. The van der Waals surface area contributed by atoms with Crippen molar-refractivity contribution in [1.82, 2.24) is 0 Å². The second-order valence-corrected chi connectivity index (χ2v) is 5.38. The van der Waals surface area contributed by atoms with E-state index in [0.717, 1.165) is 11.3 Å². The summed E-state index contributed by atoms with van der Waals surface area (Å²) in [6.45, 7) is 0. The Morgan fingerprint density at radius 1 is 1.00 bits per heavy atom. The summed E-state index contributed by atoms with van der Waals surface area (Å²) >= 11 is 0. The molecule has 2 saturated carbocycles. The van der Waals surface area contributed by atoms with Gasteiger partial charge in [0.25, 0.3) is 0 Å². The van der Waals surface area contributed by atoms with Crippen LogP contribution in [-0.4, -0.2) is 11.2 Å². The molecular formula is C15H20O2. The fraction of sp³-hybridized carbons (Fsp3) is 0.600. The van der Waals surface area contributed by atoms with Crippen LogP contribution in [0.15, 0.2) is 24.3 Å². The van der Waals surface area contributed by atoms with Gasteiger partial charge in [0, 0.05) is 0 Å². The Hall–Kier alpha value is -1.02. The quantitative estimate of drug-likeness (QED) is 0.861. The molecule has 17 heavy (non-hydrogen) atoms. The summed E-state index contributed by atoms with van der Waals surface area (Å²) in [7, 11) is 0. The van der Waals surface area contributed by atoms with E-state index in [2.05, 4.69) is 0 Å². The van der Waals surface area contributed by atoms with Crippen LogP contribution >= 0.6 is 0 Å². The van der Waals surface area contributed by atoms with Gasteiger partial charge in [-0.15, -0.1) is 0 Å². The average molecular weight is 232 g/mol. The number of hydrogen-bond donors (Lipinski definition) is 1. The Bertz CT molecular complexity index is 361. The molecule has 0 saturated heterocycles. The highest BCUT2D eigenvalue weighted by atomic mass is 16.5. The maximum Gasteiger partial charge on any atom is 0.119 e. The predicted octanol–water partition coefficient (Wildman–Crippen LogP) is 3.45. The van der Waals surface area contributed by atoms with Gasteiger partial charge in [0.05, 0.1) is 12.2 Å². The molecule has 0 aromatic heterocycles. The minimum atomic E-state index is -0.285. The van der Waals surface area contributed by atoms with E-state index in [9.17, 15) is 5.11 Å². The molecule has 1 aromatic carbocycles. The van der Waals surface area contributed by atoms with Gasteiger partial charge in [-0.1, -0.05) is 25.0 Å². The van der Waals surface area contributed by atoms with Crippen LogP contribution in [-0.2, 0) is 0 Å². The zero-order valence-electron chi connectivity index (χ0n) is 10.1. The maximum atomic E-state index is 10.3. The van der Waals surface area contributed by atoms with Gasteiger partial charge in [0.15, 0.2) is 0 Å². The van der Waals surface area contributed by atoms with Crippen LogP contribution in [0.2, 0.25) is 0 Å². The van der Waals surface area contributed by atoms with Crippen LogP contribution in [0, 0.1) is 5.92 Å². The first-order valence-electron chi connectivity index (χ1n) is 6.77. The largest absolute Gasteiger partial charge is 0.490 e. The van der Waals surface area contributed by atoms with Crippen LogP contribution in [0.4, 0.5) is 0 Å². The average Bonchev–Trinajstić information content (AvgIpc) is 3.00. The molecule has 1 aromatic rings. The van der Waals surface area contributed by atoms with Gasteiger partial charge in [0.1, 0.15) is 5.75 Å². The van der Waals surface area contributed by atoms with Crippen molar-refractivity contribution < 1.29 is 9.84 Å². The van der Waals surface area contributed by atoms with Crippen molar-refractivity contribution in [2.24, 2.45) is 5.92 Å². The van der Waals surface area contributed by atoms with Gasteiger partial charge in [0.2, 0.25) is 0 Å². The third-order valence-corrected chi connectivity index (χ3v) is 3.90. The van der Waals surface area contributed by atoms with E-state index in [1.165, 1.54) is 38.5 Å². The van der Waals surface area contributed by atoms with Crippen LogP contribution in [0.5, 0.6) is 5.75 Å². The molecule has 0 radical (unpaired) electrons. The van der Waals surface area contributed by atoms with E-state index in [0.29, 0.717) is 12.0 Å². The van der Waals surface area contributed by atoms with Crippen molar-refractivity contribution in [1.29, 1.82) is 0 Å². The third kappa shape index (κ3) is 2.63. The lowest BCUT2D eigenvalue weighted by Crippen LogP contribution is -2.08. The van der Waals surface area contributed by atoms with Crippen LogP contribution in [0.1, 0.15) is 50.2 Å². The van der Waals surface area contributed by atoms with E-state index in [4.69, 9.17) is 4.74 Å². The number of hydrogen-bond acceptors (Lipinski definition) is 2. The molecule has 2 fully saturated rings. The molecule has 3 rings (SSSR count). The highest BCUT2D eigenvalue weighted by Gasteiger charge is 2.25. The van der Waals surface area contributed by atoms with Gasteiger partial charge >= 0.3 is 0 Å². The minimum Gasteiger partial charge on any atom is -0.490 e. The second kappa shape index (κ2) is 4.69. The summed E-state index contributed by atoms with van der Waals surface area (Å²) in [4.78, 5) is 0. The minimum absolute atomic E-state index is 0.285. The highest BCUT2D eigenvalue weighted by molar-refractivity contribution is 5.29. The fourth-order valence-corrected chi connectivity index (χ4v) is 2.67. The first-order valence-corrected chi connectivity index (χ1v) is 6.77. The molecule has 0 aliphatic heterocycles. The Labute approximate surface area is 103 Å². The molecule has 92 valence electrons. The third-order valence-electron chi connectivity index (χ3n) is 3.90. The smallest absolute Gasteiger partial charge is 0.119 e. The number of rotatable bonds is 4. The van der Waals surface area contributed by atoms with Crippen LogP contribution < -0.4 is 4.74 Å². The van der Waals surface area contributed by atoms with Crippen molar-refractivity contribution in [2.45, 2.75) is 50.7 Å². The van der Waals surface area contributed by atoms with Gasteiger partial charge in [-0.2, -0.15) is 0 Å². The molecular weight excluding hydrogens is 212 g/mol. The summed E-state index contributed by atoms with van der Waals surface area (Å²) in [5, 5.41) is 10.3. The molecule has 2 nitrogen and oxygen atoms in total. The standard InChI is InChI=1S/C15H20O2/c16-15(11-3-1-2-4-11)12-5-7-13(8-6-12)17-14-9-10-14/h5-8,11,14-16H,1-4,9-10H2. The molecule has 1 N–H and O–H groups in total. The number of ether oxygens (including phenoxy) is 1. The Morgan fingerprint density at radius 3 is 2.24 bits per heavy atom. The molecule has 1 atom stereocenters. The molecule has 2 aliphatic carbocycles. The summed E-state index contributed by atoms with van der Waals surface area (Å²) in [5.41, 5.74) is 1.04. The first kappa shape index (κ1) is 11.1. The zero-order chi connectivity index (χ0) is 11.7. The first-order chi connectivity index (χ1) is 8.33. The Kier molecular flexibility index (Phi) is 3.06. The van der Waals surface area contributed by atoms with Gasteiger partial charge in [-0.05, 0) is 49.3 Å². The lowest BCUT2D eigenvalue weighted by molar-refractivity contribution is 0.111. The molecule has 0 spiro atoms. The summed E-state index contributed by atoms with van der Waals surface area (Å²) < 4.78 is 5.70. The normalized spacial score (nSPS) is 22.6. The summed E-state index contributed by atoms with van der Waals surface area (Å²) in [6.07, 6.45) is 7.41. The monoisotopic (exact) mass is 232 g/mol. The highest BCUT2D eigenvalue weighted by Crippen LogP contribution is 2.36. The van der Waals surface area contributed by atoms with Crippen molar-refractivity contribution in [3.05, 3.63) is 29.8 Å². The lowest BCUT2D eigenvalue weighted by atomic mass is 9.94. The van der Waals surface area contributed by atoms with Gasteiger partial charge < -0.3 is 9.84 Å². The summed E-state index contributed by atoms with van der Waals surface area (Å²) in [6, 6.07) is 8.01. The molecule has 1 unspecified atom stereocenters. The number of aliphatic hydroxyl groups excluding tert-OH is 1. The molecule has 0 bridgehead atoms.